The van der Waals surface area contributed by atoms with Crippen LogP contribution in [0.5, 0.6) is 0 Å². The van der Waals surface area contributed by atoms with E-state index in [1.165, 1.54) is 5.56 Å². The molecule has 1 spiro atoms. The summed E-state index contributed by atoms with van der Waals surface area (Å²) in [6.45, 7) is 4.86. The van der Waals surface area contributed by atoms with Crippen LogP contribution in [0.2, 0.25) is 0 Å². The van der Waals surface area contributed by atoms with E-state index in [9.17, 15) is 9.90 Å². The van der Waals surface area contributed by atoms with E-state index in [4.69, 9.17) is 0 Å². The molecular weight excluding hydrogens is 385 g/mol. The van der Waals surface area contributed by atoms with Crippen molar-refractivity contribution < 1.29 is 9.90 Å². The number of hydrogen-bond donors (Lipinski definition) is 3. The molecule has 3 aliphatic rings. The van der Waals surface area contributed by atoms with E-state index in [0.717, 1.165) is 70.5 Å². The Balaban J connectivity index is 0.00000131. The second-order valence-corrected chi connectivity index (χ2v) is 8.07. The molecule has 1 amide bonds. The number of piperidine rings is 2. The van der Waals surface area contributed by atoms with Crippen LogP contribution in [0.1, 0.15) is 37.7 Å². The summed E-state index contributed by atoms with van der Waals surface area (Å²) in [5.74, 6) is 0.391. The summed E-state index contributed by atoms with van der Waals surface area (Å²) in [5, 5.41) is 16.1. The molecule has 0 radical (unpaired) electrons. The molecule has 1 aromatic rings. The molecule has 5 nitrogen and oxygen atoms in total. The maximum absolute atomic E-state index is 12.6. The lowest BCUT2D eigenvalue weighted by atomic mass is 9.92. The van der Waals surface area contributed by atoms with Crippen LogP contribution in [0.4, 0.5) is 5.69 Å². The molecule has 1 saturated carbocycles. The number of nitrogens with one attached hydrogen (secondary N) is 2. The fourth-order valence-corrected chi connectivity index (χ4v) is 4.51. The number of nitrogens with zero attached hydrogens (tertiary/aromatic N) is 1. The molecule has 3 N–H and O–H groups in total. The smallest absolute Gasteiger partial charge is 0.228 e. The summed E-state index contributed by atoms with van der Waals surface area (Å²) in [6.07, 6.45) is 4.89. The Morgan fingerprint density at radius 2 is 1.93 bits per heavy atom. The molecule has 152 valence electrons. The Bertz CT molecular complexity index is 629. The molecule has 4 rings (SSSR count). The monoisotopic (exact) mass is 415 g/mol. The number of halogens is 2. The molecule has 7 heteroatoms. The lowest BCUT2D eigenvalue weighted by Gasteiger charge is -2.29. The van der Waals surface area contributed by atoms with E-state index < -0.39 is 0 Å². The molecule has 3 fully saturated rings. The molecule has 1 unspecified atom stereocenters. The quantitative estimate of drug-likeness (QED) is 0.707. The summed E-state index contributed by atoms with van der Waals surface area (Å²) in [6, 6.07) is 8.22. The topological polar surface area (TPSA) is 64.6 Å². The summed E-state index contributed by atoms with van der Waals surface area (Å²) in [4.78, 5) is 15.0. The van der Waals surface area contributed by atoms with Gasteiger partial charge in [-0.3, -0.25) is 9.69 Å². The first-order valence-corrected chi connectivity index (χ1v) is 9.66. The lowest BCUT2D eigenvalue weighted by Crippen LogP contribution is -2.35. The zero-order chi connectivity index (χ0) is 17.3. The fraction of sp³-hybridized carbons (Fsp3) is 0.650. The van der Waals surface area contributed by atoms with Gasteiger partial charge in [0.05, 0.1) is 6.10 Å². The summed E-state index contributed by atoms with van der Waals surface area (Å²) in [7, 11) is 0. The van der Waals surface area contributed by atoms with E-state index >= 15 is 0 Å². The molecule has 2 saturated heterocycles. The largest absolute Gasteiger partial charge is 0.393 e. The SMILES string of the molecule is Cl.Cl.O=C(Nc1cccc(CN2CCC(O)CC2)c1)C1CC12CCNCC2. The van der Waals surface area contributed by atoms with Gasteiger partial charge in [0, 0.05) is 31.2 Å². The molecule has 0 bridgehead atoms. The number of rotatable bonds is 4. The highest BCUT2D eigenvalue weighted by Gasteiger charge is 2.57. The second kappa shape index (κ2) is 9.57. The number of benzene rings is 1. The molecule has 1 aliphatic carbocycles. The van der Waals surface area contributed by atoms with Gasteiger partial charge in [0.1, 0.15) is 0 Å². The summed E-state index contributed by atoms with van der Waals surface area (Å²) in [5.41, 5.74) is 2.42. The van der Waals surface area contributed by atoms with Gasteiger partial charge < -0.3 is 15.7 Å². The standard InChI is InChI=1S/C20H29N3O2.2ClH/c24-17-4-10-23(11-5-17)14-15-2-1-3-16(12-15)22-19(25)18-13-20(18)6-8-21-9-7-20;;/h1-3,12,17-18,21,24H,4-11,13-14H2,(H,22,25);2*1H. The second-order valence-electron chi connectivity index (χ2n) is 8.07. The van der Waals surface area contributed by atoms with Gasteiger partial charge in [-0.05, 0) is 68.3 Å². The predicted octanol–water partition coefficient (Wildman–Crippen LogP) is 2.82. The van der Waals surface area contributed by atoms with Gasteiger partial charge in [0.25, 0.3) is 0 Å². The molecule has 1 aromatic carbocycles. The minimum Gasteiger partial charge on any atom is -0.393 e. The molecule has 1 atom stereocenters. The van der Waals surface area contributed by atoms with E-state index in [1.807, 2.05) is 12.1 Å². The average molecular weight is 416 g/mol. The van der Waals surface area contributed by atoms with Gasteiger partial charge in [-0.1, -0.05) is 12.1 Å². The first-order valence-electron chi connectivity index (χ1n) is 9.66. The zero-order valence-electron chi connectivity index (χ0n) is 15.7. The highest BCUT2D eigenvalue weighted by atomic mass is 35.5. The van der Waals surface area contributed by atoms with Crippen molar-refractivity contribution in [3.05, 3.63) is 29.8 Å². The Labute approximate surface area is 174 Å². The number of hydrogen-bond acceptors (Lipinski definition) is 4. The van der Waals surface area contributed by atoms with Crippen LogP contribution in [0, 0.1) is 11.3 Å². The van der Waals surface area contributed by atoms with Crippen molar-refractivity contribution in [2.45, 2.75) is 44.8 Å². The van der Waals surface area contributed by atoms with Crippen molar-refractivity contribution in [2.75, 3.05) is 31.5 Å². The number of aliphatic hydroxyl groups is 1. The summed E-state index contributed by atoms with van der Waals surface area (Å²) >= 11 is 0. The van der Waals surface area contributed by atoms with Crippen LogP contribution in [0.15, 0.2) is 24.3 Å². The highest BCUT2D eigenvalue weighted by Crippen LogP contribution is 2.58. The summed E-state index contributed by atoms with van der Waals surface area (Å²) < 4.78 is 0. The van der Waals surface area contributed by atoms with Crippen LogP contribution in [0.25, 0.3) is 0 Å². The minimum absolute atomic E-state index is 0. The Kier molecular flexibility index (Phi) is 7.95. The van der Waals surface area contributed by atoms with Crippen molar-refractivity contribution in [2.24, 2.45) is 11.3 Å². The van der Waals surface area contributed by atoms with Gasteiger partial charge in [-0.15, -0.1) is 24.8 Å². The molecular formula is C20H31Cl2N3O2. The number of amides is 1. The van der Waals surface area contributed by atoms with Crippen LogP contribution < -0.4 is 10.6 Å². The number of likely N-dealkylation sites (tertiary alicyclic amines) is 1. The maximum Gasteiger partial charge on any atom is 0.228 e. The third-order valence-corrected chi connectivity index (χ3v) is 6.26. The average Bonchev–Trinajstić information content (AvgIpc) is 3.31. The van der Waals surface area contributed by atoms with Crippen LogP contribution in [-0.2, 0) is 11.3 Å². The van der Waals surface area contributed by atoms with Gasteiger partial charge in [0.2, 0.25) is 5.91 Å². The highest BCUT2D eigenvalue weighted by molar-refractivity contribution is 5.95. The van der Waals surface area contributed by atoms with E-state index in [2.05, 4.69) is 27.7 Å². The van der Waals surface area contributed by atoms with Gasteiger partial charge in [-0.2, -0.15) is 0 Å². The normalized spacial score (nSPS) is 24.6. The predicted molar refractivity (Wildman–Crippen MR) is 113 cm³/mol. The van der Waals surface area contributed by atoms with Crippen molar-refractivity contribution in [1.82, 2.24) is 10.2 Å². The Morgan fingerprint density at radius 1 is 1.22 bits per heavy atom. The first kappa shape index (κ1) is 22.4. The molecule has 2 aliphatic heterocycles. The number of carbonyl (C=O) groups is 1. The number of aliphatic hydroxyl groups excluding tert-OH is 1. The van der Waals surface area contributed by atoms with Gasteiger partial charge in [0.15, 0.2) is 0 Å². The Hall–Kier alpha value is -0.850. The first-order chi connectivity index (χ1) is 12.1. The minimum atomic E-state index is -0.136. The van der Waals surface area contributed by atoms with Crippen LogP contribution in [-0.4, -0.2) is 48.2 Å². The fourth-order valence-electron chi connectivity index (χ4n) is 4.51. The van der Waals surface area contributed by atoms with Crippen molar-refractivity contribution >= 4 is 36.4 Å². The maximum atomic E-state index is 12.6. The number of anilines is 1. The molecule has 27 heavy (non-hydrogen) atoms. The third-order valence-electron chi connectivity index (χ3n) is 6.26. The van der Waals surface area contributed by atoms with Crippen LogP contribution in [0.3, 0.4) is 0 Å². The van der Waals surface area contributed by atoms with Gasteiger partial charge >= 0.3 is 0 Å². The van der Waals surface area contributed by atoms with Crippen LogP contribution >= 0.6 is 24.8 Å². The third kappa shape index (κ3) is 5.36. The van der Waals surface area contributed by atoms with E-state index in [1.54, 1.807) is 0 Å². The lowest BCUT2D eigenvalue weighted by molar-refractivity contribution is -0.118. The molecule has 0 aromatic heterocycles. The van der Waals surface area contributed by atoms with E-state index in [-0.39, 0.29) is 48.2 Å². The van der Waals surface area contributed by atoms with Crippen molar-refractivity contribution in [1.29, 1.82) is 0 Å². The number of carbonyl (C=O) groups excluding carboxylic acids is 1. The Morgan fingerprint density at radius 3 is 2.63 bits per heavy atom. The molecule has 2 heterocycles. The van der Waals surface area contributed by atoms with Gasteiger partial charge in [-0.25, -0.2) is 0 Å². The van der Waals surface area contributed by atoms with Crippen molar-refractivity contribution in [3.63, 3.8) is 0 Å². The zero-order valence-corrected chi connectivity index (χ0v) is 17.3. The van der Waals surface area contributed by atoms with E-state index in [0.29, 0.717) is 0 Å². The van der Waals surface area contributed by atoms with Crippen molar-refractivity contribution in [3.8, 4) is 0 Å².